The molecule has 2 N–H and O–H groups in total. The van der Waals surface area contributed by atoms with Crippen LogP contribution in [0.5, 0.6) is 0 Å². The van der Waals surface area contributed by atoms with E-state index in [-0.39, 0.29) is 6.54 Å². The molecule has 0 aliphatic carbocycles. The third-order valence-electron chi connectivity index (χ3n) is 4.74. The number of benzene rings is 1. The second kappa shape index (κ2) is 10.7. The Kier molecular flexibility index (Phi) is 8.57. The van der Waals surface area contributed by atoms with Gasteiger partial charge in [0.1, 0.15) is 6.54 Å². The van der Waals surface area contributed by atoms with Crippen molar-refractivity contribution in [2.75, 3.05) is 13.1 Å². The lowest BCUT2D eigenvalue weighted by molar-refractivity contribution is -0.192. The fourth-order valence-electron chi connectivity index (χ4n) is 3.39. The molecule has 1 atom stereocenters. The molecule has 0 bridgehead atoms. The number of carbonyl (C=O) groups is 2. The van der Waals surface area contributed by atoms with Gasteiger partial charge in [-0.1, -0.05) is 27.2 Å². The quantitative estimate of drug-likeness (QED) is 0.617. The number of likely N-dealkylation sites (tertiary alicyclic amines) is 1. The van der Waals surface area contributed by atoms with Gasteiger partial charge < -0.3 is 10.2 Å². The van der Waals surface area contributed by atoms with E-state index in [0.717, 1.165) is 29.7 Å². The Balaban J connectivity index is 0.000000423. The molecule has 1 saturated heterocycles. The van der Waals surface area contributed by atoms with E-state index in [9.17, 15) is 18.0 Å². The second-order valence-electron chi connectivity index (χ2n) is 7.05. The van der Waals surface area contributed by atoms with Gasteiger partial charge in [0.15, 0.2) is 0 Å². The van der Waals surface area contributed by atoms with E-state index in [0.29, 0.717) is 6.04 Å². The van der Waals surface area contributed by atoms with Gasteiger partial charge in [0, 0.05) is 29.7 Å². The van der Waals surface area contributed by atoms with Crippen LogP contribution in [0, 0.1) is 6.92 Å². The van der Waals surface area contributed by atoms with Crippen molar-refractivity contribution in [3.05, 3.63) is 45.7 Å². The molecular weight excluding hydrogens is 485 g/mol. The summed E-state index contributed by atoms with van der Waals surface area (Å²) in [4.78, 5) is 22.1. The third kappa shape index (κ3) is 7.62. The van der Waals surface area contributed by atoms with Crippen LogP contribution < -0.4 is 0 Å². The Hall–Kier alpha value is -2.47. The van der Waals surface area contributed by atoms with E-state index in [1.54, 1.807) is 6.20 Å². The van der Waals surface area contributed by atoms with Crippen molar-refractivity contribution >= 4 is 27.9 Å². The van der Waals surface area contributed by atoms with Crippen molar-refractivity contribution in [2.45, 2.75) is 44.9 Å². The van der Waals surface area contributed by atoms with Crippen LogP contribution in [0.4, 0.5) is 13.2 Å². The second-order valence-corrected chi connectivity index (χ2v) is 7.96. The molecule has 0 spiro atoms. The predicted octanol–water partition coefficient (Wildman–Crippen LogP) is 3.45. The summed E-state index contributed by atoms with van der Waals surface area (Å²) in [6.45, 7) is 4.01. The van der Waals surface area contributed by atoms with Crippen LogP contribution in [-0.2, 0) is 22.6 Å². The zero-order valence-electron chi connectivity index (χ0n) is 16.6. The van der Waals surface area contributed by atoms with Gasteiger partial charge >= 0.3 is 18.1 Å². The SMILES string of the molecule is Cc1cc(Br)ccc1C1CCCN1CCc1cn(CC(=O)O)nn1.O=C(O)C(F)(F)F. The number of nitrogens with zero attached hydrogens (tertiary/aromatic N) is 4. The average Bonchev–Trinajstić information content (AvgIpc) is 3.28. The highest BCUT2D eigenvalue weighted by atomic mass is 79.9. The predicted molar refractivity (Wildman–Crippen MR) is 107 cm³/mol. The van der Waals surface area contributed by atoms with Gasteiger partial charge in [-0.3, -0.25) is 9.69 Å². The van der Waals surface area contributed by atoms with E-state index >= 15 is 0 Å². The molecule has 8 nitrogen and oxygen atoms in total. The molecule has 0 saturated carbocycles. The lowest BCUT2D eigenvalue weighted by atomic mass is 9.99. The number of halogens is 4. The smallest absolute Gasteiger partial charge is 0.480 e. The topological polar surface area (TPSA) is 109 Å². The van der Waals surface area contributed by atoms with Crippen LogP contribution in [0.3, 0.4) is 0 Å². The average molecular weight is 507 g/mol. The van der Waals surface area contributed by atoms with E-state index in [2.05, 4.69) is 56.3 Å². The van der Waals surface area contributed by atoms with Gasteiger partial charge in [-0.25, -0.2) is 9.48 Å². The van der Waals surface area contributed by atoms with Gasteiger partial charge in [-0.05, 0) is 49.6 Å². The molecule has 1 aromatic heterocycles. The van der Waals surface area contributed by atoms with E-state index < -0.39 is 18.1 Å². The zero-order valence-corrected chi connectivity index (χ0v) is 18.2. The molecule has 0 amide bonds. The zero-order chi connectivity index (χ0) is 23.2. The highest BCUT2D eigenvalue weighted by molar-refractivity contribution is 9.10. The minimum Gasteiger partial charge on any atom is -0.480 e. The highest BCUT2D eigenvalue weighted by Gasteiger charge is 2.38. The molecule has 3 rings (SSSR count). The van der Waals surface area contributed by atoms with Crippen molar-refractivity contribution < 1.29 is 33.0 Å². The number of aryl methyl sites for hydroxylation is 1. The molecular formula is C19H22BrF3N4O4. The largest absolute Gasteiger partial charge is 0.490 e. The summed E-state index contributed by atoms with van der Waals surface area (Å²) in [5.74, 6) is -3.66. The monoisotopic (exact) mass is 506 g/mol. The molecule has 2 aromatic rings. The molecule has 0 radical (unpaired) electrons. The fraction of sp³-hybridized carbons (Fsp3) is 0.474. The fourth-order valence-corrected chi connectivity index (χ4v) is 3.86. The van der Waals surface area contributed by atoms with Crippen molar-refractivity contribution in [3.63, 3.8) is 0 Å². The van der Waals surface area contributed by atoms with Crippen LogP contribution in [0.25, 0.3) is 0 Å². The summed E-state index contributed by atoms with van der Waals surface area (Å²) in [6.07, 6.45) is -0.199. The summed E-state index contributed by atoms with van der Waals surface area (Å²) in [5.41, 5.74) is 3.55. The van der Waals surface area contributed by atoms with Crippen LogP contribution in [0.15, 0.2) is 28.9 Å². The van der Waals surface area contributed by atoms with E-state index in [1.165, 1.54) is 28.7 Å². The maximum absolute atomic E-state index is 10.7. The number of rotatable bonds is 6. The van der Waals surface area contributed by atoms with Crippen LogP contribution in [0.2, 0.25) is 0 Å². The van der Waals surface area contributed by atoms with Crippen molar-refractivity contribution in [1.29, 1.82) is 0 Å². The molecule has 170 valence electrons. The normalized spacial score (nSPS) is 16.6. The number of aliphatic carboxylic acids is 2. The Labute approximate surface area is 184 Å². The maximum atomic E-state index is 10.7. The molecule has 1 aliphatic rings. The number of carboxylic acid groups (broad SMARTS) is 2. The van der Waals surface area contributed by atoms with Crippen LogP contribution in [-0.4, -0.2) is 61.3 Å². The van der Waals surface area contributed by atoms with Gasteiger partial charge in [-0.15, -0.1) is 5.10 Å². The van der Waals surface area contributed by atoms with Gasteiger partial charge in [0.25, 0.3) is 0 Å². The minimum atomic E-state index is -5.08. The number of carboxylic acids is 2. The Morgan fingerprint density at radius 3 is 2.55 bits per heavy atom. The lowest BCUT2D eigenvalue weighted by Gasteiger charge is -2.26. The molecule has 1 aliphatic heterocycles. The summed E-state index contributed by atoms with van der Waals surface area (Å²) < 4.78 is 34.2. The van der Waals surface area contributed by atoms with Crippen molar-refractivity contribution in [3.8, 4) is 0 Å². The molecule has 1 fully saturated rings. The minimum absolute atomic E-state index is 0.141. The molecule has 12 heteroatoms. The number of hydrogen-bond acceptors (Lipinski definition) is 5. The lowest BCUT2D eigenvalue weighted by Crippen LogP contribution is -2.26. The first kappa shape index (κ1) is 24.8. The Morgan fingerprint density at radius 1 is 1.29 bits per heavy atom. The number of alkyl halides is 3. The van der Waals surface area contributed by atoms with Gasteiger partial charge in [0.2, 0.25) is 0 Å². The van der Waals surface area contributed by atoms with Crippen molar-refractivity contribution in [1.82, 2.24) is 19.9 Å². The summed E-state index contributed by atoms with van der Waals surface area (Å²) in [7, 11) is 0. The standard InChI is InChI=1S/C17H21BrN4O2.C2HF3O2/c1-12-9-13(18)4-5-15(12)16-3-2-7-21(16)8-6-14-10-22(20-19-14)11-17(23)24;3-2(4,5)1(6)7/h4-5,9-10,16H,2-3,6-8,11H2,1H3,(H,23,24);(H,6,7). The molecule has 1 aromatic carbocycles. The third-order valence-corrected chi connectivity index (χ3v) is 5.23. The van der Waals surface area contributed by atoms with E-state index in [1.807, 2.05) is 0 Å². The first-order chi connectivity index (χ1) is 14.5. The Morgan fingerprint density at radius 2 is 1.97 bits per heavy atom. The first-order valence-corrected chi connectivity index (χ1v) is 10.2. The number of hydrogen-bond donors (Lipinski definition) is 2. The molecule has 31 heavy (non-hydrogen) atoms. The van der Waals surface area contributed by atoms with Gasteiger partial charge in [-0.2, -0.15) is 13.2 Å². The number of aromatic nitrogens is 3. The molecule has 1 unspecified atom stereocenters. The summed E-state index contributed by atoms with van der Waals surface area (Å²) in [5, 5.41) is 23.8. The van der Waals surface area contributed by atoms with Gasteiger partial charge in [0.05, 0.1) is 5.69 Å². The molecule has 2 heterocycles. The van der Waals surface area contributed by atoms with Crippen LogP contribution >= 0.6 is 15.9 Å². The maximum Gasteiger partial charge on any atom is 0.490 e. The van der Waals surface area contributed by atoms with Crippen molar-refractivity contribution in [2.24, 2.45) is 0 Å². The highest BCUT2D eigenvalue weighted by Crippen LogP contribution is 2.34. The summed E-state index contributed by atoms with van der Waals surface area (Å²) in [6, 6.07) is 6.94. The first-order valence-electron chi connectivity index (χ1n) is 9.38. The summed E-state index contributed by atoms with van der Waals surface area (Å²) >= 11 is 3.53. The van der Waals surface area contributed by atoms with E-state index in [4.69, 9.17) is 15.0 Å². The van der Waals surface area contributed by atoms with Crippen LogP contribution in [0.1, 0.15) is 35.7 Å². The Bertz CT molecular complexity index is 920.